The molecule has 1 heterocycles. The number of para-hydroxylation sites is 1. The van der Waals surface area contributed by atoms with Gasteiger partial charge in [0, 0.05) is 32.7 Å². The molecule has 3 rings (SSSR count). The third-order valence-corrected chi connectivity index (χ3v) is 4.45. The van der Waals surface area contributed by atoms with Crippen LogP contribution in [0.4, 0.5) is 4.79 Å². The molecule has 5 heteroatoms. The summed E-state index contributed by atoms with van der Waals surface area (Å²) in [4.78, 5) is 16.3. The van der Waals surface area contributed by atoms with Gasteiger partial charge < -0.3 is 14.4 Å². The van der Waals surface area contributed by atoms with Crippen molar-refractivity contribution in [3.8, 4) is 11.5 Å². The molecule has 0 spiro atoms. The van der Waals surface area contributed by atoms with E-state index in [0.29, 0.717) is 18.8 Å². The average Bonchev–Trinajstić information content (AvgIpc) is 2.68. The first-order valence-electron chi connectivity index (χ1n) is 8.62. The molecule has 1 amide bonds. The Morgan fingerprint density at radius 2 is 1.60 bits per heavy atom. The Morgan fingerprint density at radius 3 is 2.24 bits per heavy atom. The summed E-state index contributed by atoms with van der Waals surface area (Å²) in [7, 11) is 1.68. The van der Waals surface area contributed by atoms with Crippen LogP contribution in [0, 0.1) is 0 Å². The van der Waals surface area contributed by atoms with Gasteiger partial charge in [0.2, 0.25) is 0 Å². The maximum absolute atomic E-state index is 12.2. The van der Waals surface area contributed by atoms with Crippen LogP contribution in [0.3, 0.4) is 0 Å². The zero-order chi connectivity index (χ0) is 17.5. The van der Waals surface area contributed by atoms with Crippen molar-refractivity contribution in [2.24, 2.45) is 0 Å². The number of nitrogens with zero attached hydrogens (tertiary/aromatic N) is 2. The van der Waals surface area contributed by atoms with Gasteiger partial charge in [0.1, 0.15) is 11.5 Å². The van der Waals surface area contributed by atoms with Crippen molar-refractivity contribution in [3.05, 3.63) is 60.2 Å². The summed E-state index contributed by atoms with van der Waals surface area (Å²) in [5.41, 5.74) is 1.30. The van der Waals surface area contributed by atoms with E-state index in [4.69, 9.17) is 9.47 Å². The van der Waals surface area contributed by atoms with Gasteiger partial charge in [-0.25, -0.2) is 4.79 Å². The predicted molar refractivity (Wildman–Crippen MR) is 97.2 cm³/mol. The van der Waals surface area contributed by atoms with Gasteiger partial charge in [0.05, 0.1) is 7.11 Å². The molecule has 0 N–H and O–H groups in total. The summed E-state index contributed by atoms with van der Waals surface area (Å²) in [6, 6.07) is 17.4. The van der Waals surface area contributed by atoms with Gasteiger partial charge in [0.25, 0.3) is 0 Å². The topological polar surface area (TPSA) is 42.0 Å². The fraction of sp³-hybridized carbons (Fsp3) is 0.350. The number of methoxy groups -OCH3 is 1. The molecule has 0 atom stereocenters. The summed E-state index contributed by atoms with van der Waals surface area (Å²) in [5, 5.41) is 0. The van der Waals surface area contributed by atoms with Gasteiger partial charge in [-0.05, 0) is 36.2 Å². The van der Waals surface area contributed by atoms with Gasteiger partial charge in [-0.2, -0.15) is 0 Å². The van der Waals surface area contributed by atoms with Crippen molar-refractivity contribution in [1.29, 1.82) is 0 Å². The van der Waals surface area contributed by atoms with E-state index in [-0.39, 0.29) is 6.09 Å². The molecular formula is C20H24N2O3. The van der Waals surface area contributed by atoms with Crippen LogP contribution in [0.2, 0.25) is 0 Å². The zero-order valence-corrected chi connectivity index (χ0v) is 14.6. The normalized spacial score (nSPS) is 15.0. The molecule has 2 aromatic rings. The molecule has 0 saturated carbocycles. The van der Waals surface area contributed by atoms with Gasteiger partial charge in [0.15, 0.2) is 0 Å². The number of amides is 1. The number of hydrogen-bond acceptors (Lipinski definition) is 4. The number of benzene rings is 2. The minimum atomic E-state index is -0.263. The fourth-order valence-corrected chi connectivity index (χ4v) is 2.89. The Balaban J connectivity index is 1.41. The van der Waals surface area contributed by atoms with Crippen molar-refractivity contribution >= 4 is 6.09 Å². The Kier molecular flexibility index (Phi) is 5.90. The van der Waals surface area contributed by atoms with Crippen LogP contribution in [0.5, 0.6) is 11.5 Å². The molecule has 1 aliphatic heterocycles. The molecule has 2 aromatic carbocycles. The second kappa shape index (κ2) is 8.53. The molecule has 1 saturated heterocycles. The van der Waals surface area contributed by atoms with Crippen LogP contribution in [0.25, 0.3) is 0 Å². The monoisotopic (exact) mass is 340 g/mol. The Bertz CT molecular complexity index is 665. The van der Waals surface area contributed by atoms with E-state index in [1.807, 2.05) is 30.3 Å². The molecule has 25 heavy (non-hydrogen) atoms. The molecule has 0 aliphatic carbocycles. The molecule has 0 bridgehead atoms. The summed E-state index contributed by atoms with van der Waals surface area (Å²) >= 11 is 0. The van der Waals surface area contributed by atoms with E-state index in [2.05, 4.69) is 17.0 Å². The maximum Gasteiger partial charge on any atom is 0.415 e. The molecule has 0 aromatic heterocycles. The van der Waals surface area contributed by atoms with Gasteiger partial charge in [-0.15, -0.1) is 0 Å². The molecule has 1 aliphatic rings. The maximum atomic E-state index is 12.2. The highest BCUT2D eigenvalue weighted by Crippen LogP contribution is 2.14. The molecule has 0 radical (unpaired) electrons. The standard InChI is InChI=1S/C20H24N2O3/c1-24-18-9-7-17(8-10-18)11-12-21-13-15-22(16-14-21)20(23)25-19-5-3-2-4-6-19/h2-10H,11-16H2,1H3. The third kappa shape index (κ3) is 4.97. The lowest BCUT2D eigenvalue weighted by Gasteiger charge is -2.34. The van der Waals surface area contributed by atoms with Crippen LogP contribution < -0.4 is 9.47 Å². The van der Waals surface area contributed by atoms with E-state index < -0.39 is 0 Å². The van der Waals surface area contributed by atoms with Gasteiger partial charge >= 0.3 is 6.09 Å². The second-order valence-electron chi connectivity index (χ2n) is 6.11. The smallest absolute Gasteiger partial charge is 0.415 e. The number of carbonyl (C=O) groups excluding carboxylic acids is 1. The largest absolute Gasteiger partial charge is 0.497 e. The van der Waals surface area contributed by atoms with Crippen molar-refractivity contribution in [2.45, 2.75) is 6.42 Å². The first kappa shape index (κ1) is 17.3. The first-order chi connectivity index (χ1) is 12.2. The number of hydrogen-bond donors (Lipinski definition) is 0. The second-order valence-corrected chi connectivity index (χ2v) is 6.11. The van der Waals surface area contributed by atoms with E-state index in [1.165, 1.54) is 5.56 Å². The van der Waals surface area contributed by atoms with Crippen LogP contribution in [-0.4, -0.2) is 55.7 Å². The Morgan fingerprint density at radius 1 is 0.920 bits per heavy atom. The number of piperazine rings is 1. The van der Waals surface area contributed by atoms with Gasteiger partial charge in [-0.3, -0.25) is 4.90 Å². The fourth-order valence-electron chi connectivity index (χ4n) is 2.89. The minimum absolute atomic E-state index is 0.263. The van der Waals surface area contributed by atoms with E-state index in [9.17, 15) is 4.79 Å². The lowest BCUT2D eigenvalue weighted by atomic mass is 10.1. The van der Waals surface area contributed by atoms with Crippen molar-refractivity contribution in [2.75, 3.05) is 39.8 Å². The first-order valence-corrected chi connectivity index (χ1v) is 8.62. The summed E-state index contributed by atoms with van der Waals surface area (Å²) in [5.74, 6) is 1.48. The quantitative estimate of drug-likeness (QED) is 0.839. The van der Waals surface area contributed by atoms with Crippen LogP contribution in [0.15, 0.2) is 54.6 Å². The minimum Gasteiger partial charge on any atom is -0.497 e. The van der Waals surface area contributed by atoms with Crippen molar-refractivity contribution in [1.82, 2.24) is 9.80 Å². The SMILES string of the molecule is COc1ccc(CCN2CCN(C(=O)Oc3ccccc3)CC2)cc1. The van der Waals surface area contributed by atoms with Gasteiger partial charge in [-0.1, -0.05) is 30.3 Å². The highest BCUT2D eigenvalue weighted by atomic mass is 16.6. The van der Waals surface area contributed by atoms with Crippen molar-refractivity contribution < 1.29 is 14.3 Å². The summed E-state index contributed by atoms with van der Waals surface area (Å²) in [6.07, 6.45) is 0.736. The highest BCUT2D eigenvalue weighted by molar-refractivity contribution is 5.70. The van der Waals surface area contributed by atoms with Crippen LogP contribution in [0.1, 0.15) is 5.56 Å². The lowest BCUT2D eigenvalue weighted by molar-refractivity contribution is 0.111. The average molecular weight is 340 g/mol. The third-order valence-electron chi connectivity index (χ3n) is 4.45. The highest BCUT2D eigenvalue weighted by Gasteiger charge is 2.22. The Hall–Kier alpha value is -2.53. The van der Waals surface area contributed by atoms with E-state index in [0.717, 1.165) is 31.8 Å². The molecular weight excluding hydrogens is 316 g/mol. The van der Waals surface area contributed by atoms with E-state index >= 15 is 0 Å². The number of rotatable bonds is 5. The molecule has 0 unspecified atom stereocenters. The van der Waals surface area contributed by atoms with E-state index in [1.54, 1.807) is 24.1 Å². The Labute approximate surface area is 148 Å². The number of carbonyl (C=O) groups is 1. The summed E-state index contributed by atoms with van der Waals surface area (Å²) < 4.78 is 10.6. The zero-order valence-electron chi connectivity index (χ0n) is 14.6. The molecule has 132 valence electrons. The number of ether oxygens (including phenoxy) is 2. The van der Waals surface area contributed by atoms with Crippen molar-refractivity contribution in [3.63, 3.8) is 0 Å². The summed E-state index contributed by atoms with van der Waals surface area (Å²) in [6.45, 7) is 4.15. The molecule has 1 fully saturated rings. The van der Waals surface area contributed by atoms with Crippen LogP contribution in [-0.2, 0) is 6.42 Å². The lowest BCUT2D eigenvalue weighted by Crippen LogP contribution is -2.49. The van der Waals surface area contributed by atoms with Crippen LogP contribution >= 0.6 is 0 Å². The predicted octanol–water partition coefficient (Wildman–Crippen LogP) is 3.05. The molecule has 5 nitrogen and oxygen atoms in total.